The van der Waals surface area contributed by atoms with Crippen LogP contribution in [0.1, 0.15) is 29.0 Å². The molecule has 1 unspecified atom stereocenters. The number of hydrogen-bond acceptors (Lipinski definition) is 3. The van der Waals surface area contributed by atoms with Gasteiger partial charge >= 0.3 is 0 Å². The predicted octanol–water partition coefficient (Wildman–Crippen LogP) is 3.30. The summed E-state index contributed by atoms with van der Waals surface area (Å²) < 4.78 is 0. The van der Waals surface area contributed by atoms with Crippen LogP contribution < -0.4 is 5.32 Å². The molecule has 2 aromatic rings. The third-order valence-electron chi connectivity index (χ3n) is 2.74. The molecule has 1 N–H and O–H groups in total. The topological polar surface area (TPSA) is 24.9 Å². The number of thiophene rings is 1. The molecule has 0 fully saturated rings. The van der Waals surface area contributed by atoms with Crippen molar-refractivity contribution in [2.24, 2.45) is 0 Å². The van der Waals surface area contributed by atoms with Crippen LogP contribution in [-0.2, 0) is 6.54 Å². The van der Waals surface area contributed by atoms with Crippen molar-refractivity contribution in [1.29, 1.82) is 0 Å². The summed E-state index contributed by atoms with van der Waals surface area (Å²) in [6.07, 6.45) is 3.67. The highest BCUT2D eigenvalue weighted by Crippen LogP contribution is 2.17. The third-order valence-corrected chi connectivity index (χ3v) is 3.77. The highest BCUT2D eigenvalue weighted by Gasteiger charge is 2.05. The fourth-order valence-corrected chi connectivity index (χ4v) is 2.46. The molecule has 84 valence electrons. The van der Waals surface area contributed by atoms with Crippen molar-refractivity contribution in [2.75, 3.05) is 0 Å². The number of nitrogens with one attached hydrogen (secondary N) is 1. The molecular weight excluding hydrogens is 216 g/mol. The molecule has 0 amide bonds. The van der Waals surface area contributed by atoms with E-state index >= 15 is 0 Å². The molecule has 0 saturated carbocycles. The summed E-state index contributed by atoms with van der Waals surface area (Å²) in [5.41, 5.74) is 2.66. The van der Waals surface area contributed by atoms with Gasteiger partial charge in [-0.1, -0.05) is 0 Å². The van der Waals surface area contributed by atoms with Crippen molar-refractivity contribution in [1.82, 2.24) is 10.3 Å². The van der Waals surface area contributed by atoms with Gasteiger partial charge in [0, 0.05) is 29.9 Å². The average molecular weight is 232 g/mol. The normalized spacial score (nSPS) is 12.6. The average Bonchev–Trinajstić information content (AvgIpc) is 2.73. The van der Waals surface area contributed by atoms with Crippen LogP contribution in [0.25, 0.3) is 0 Å². The first-order chi connectivity index (χ1) is 7.77. The van der Waals surface area contributed by atoms with Crippen LogP contribution in [0.4, 0.5) is 0 Å². The lowest BCUT2D eigenvalue weighted by Crippen LogP contribution is -2.17. The van der Waals surface area contributed by atoms with Gasteiger partial charge in [0.05, 0.1) is 0 Å². The van der Waals surface area contributed by atoms with E-state index in [0.29, 0.717) is 6.04 Å². The molecule has 0 saturated heterocycles. The molecule has 0 spiro atoms. The lowest BCUT2D eigenvalue weighted by molar-refractivity contribution is 0.577. The SMILES string of the molecule is Cc1ccsc1CNC(C)c1ccncc1. The van der Waals surface area contributed by atoms with Crippen LogP contribution in [0.3, 0.4) is 0 Å². The van der Waals surface area contributed by atoms with Gasteiger partial charge in [0.2, 0.25) is 0 Å². The van der Waals surface area contributed by atoms with Crippen LogP contribution in [0.15, 0.2) is 36.0 Å². The number of aromatic nitrogens is 1. The Morgan fingerprint density at radius 1 is 1.31 bits per heavy atom. The quantitative estimate of drug-likeness (QED) is 0.875. The second kappa shape index (κ2) is 5.23. The van der Waals surface area contributed by atoms with Gasteiger partial charge in [0.25, 0.3) is 0 Å². The Morgan fingerprint density at radius 2 is 2.06 bits per heavy atom. The molecule has 0 radical (unpaired) electrons. The van der Waals surface area contributed by atoms with Gasteiger partial charge in [-0.15, -0.1) is 11.3 Å². The minimum Gasteiger partial charge on any atom is -0.305 e. The van der Waals surface area contributed by atoms with E-state index in [0.717, 1.165) is 6.54 Å². The van der Waals surface area contributed by atoms with Crippen LogP contribution in [0.2, 0.25) is 0 Å². The summed E-state index contributed by atoms with van der Waals surface area (Å²) in [4.78, 5) is 5.44. The second-order valence-electron chi connectivity index (χ2n) is 3.91. The Morgan fingerprint density at radius 3 is 2.69 bits per heavy atom. The molecule has 0 aliphatic rings. The Balaban J connectivity index is 1.94. The number of rotatable bonds is 4. The predicted molar refractivity (Wildman–Crippen MR) is 68.5 cm³/mol. The Bertz CT molecular complexity index is 436. The number of aryl methyl sites for hydroxylation is 1. The van der Waals surface area contributed by atoms with E-state index in [1.165, 1.54) is 16.0 Å². The van der Waals surface area contributed by atoms with E-state index in [2.05, 4.69) is 47.7 Å². The van der Waals surface area contributed by atoms with Gasteiger partial charge in [-0.2, -0.15) is 0 Å². The maximum Gasteiger partial charge on any atom is 0.0308 e. The first kappa shape index (κ1) is 11.3. The number of pyridine rings is 1. The molecular formula is C13H16N2S. The molecule has 3 heteroatoms. The number of nitrogens with zero attached hydrogens (tertiary/aromatic N) is 1. The van der Waals surface area contributed by atoms with E-state index in [1.807, 2.05) is 23.7 Å². The summed E-state index contributed by atoms with van der Waals surface area (Å²) in [5.74, 6) is 0. The van der Waals surface area contributed by atoms with Crippen molar-refractivity contribution in [2.45, 2.75) is 26.4 Å². The second-order valence-corrected chi connectivity index (χ2v) is 4.91. The van der Waals surface area contributed by atoms with E-state index < -0.39 is 0 Å². The smallest absolute Gasteiger partial charge is 0.0308 e. The molecule has 0 aromatic carbocycles. The highest BCUT2D eigenvalue weighted by atomic mass is 32.1. The van der Waals surface area contributed by atoms with Crippen molar-refractivity contribution in [3.05, 3.63) is 52.0 Å². The maximum atomic E-state index is 4.03. The molecule has 2 heterocycles. The minimum atomic E-state index is 0.365. The van der Waals surface area contributed by atoms with Crippen LogP contribution in [-0.4, -0.2) is 4.98 Å². The van der Waals surface area contributed by atoms with Crippen LogP contribution >= 0.6 is 11.3 Å². The van der Waals surface area contributed by atoms with E-state index in [1.54, 1.807) is 0 Å². The number of hydrogen-bond donors (Lipinski definition) is 1. The first-order valence-corrected chi connectivity index (χ1v) is 6.31. The van der Waals surface area contributed by atoms with Gasteiger partial charge in [0.1, 0.15) is 0 Å². The summed E-state index contributed by atoms with van der Waals surface area (Å²) >= 11 is 1.81. The Labute approximate surface area is 100 Å². The zero-order valence-corrected chi connectivity index (χ0v) is 10.4. The van der Waals surface area contributed by atoms with E-state index in [-0.39, 0.29) is 0 Å². The van der Waals surface area contributed by atoms with Gasteiger partial charge in [0.15, 0.2) is 0 Å². The Kier molecular flexibility index (Phi) is 3.70. The van der Waals surface area contributed by atoms with Gasteiger partial charge in [-0.3, -0.25) is 4.98 Å². The molecule has 0 bridgehead atoms. The van der Waals surface area contributed by atoms with Gasteiger partial charge in [-0.05, 0) is 48.6 Å². The molecule has 0 aliphatic carbocycles. The minimum absolute atomic E-state index is 0.365. The lowest BCUT2D eigenvalue weighted by Gasteiger charge is -2.13. The lowest BCUT2D eigenvalue weighted by atomic mass is 10.1. The summed E-state index contributed by atoms with van der Waals surface area (Å²) in [6.45, 7) is 5.27. The zero-order chi connectivity index (χ0) is 11.4. The molecule has 2 nitrogen and oxygen atoms in total. The van der Waals surface area contributed by atoms with Crippen molar-refractivity contribution < 1.29 is 0 Å². The molecule has 2 aromatic heterocycles. The van der Waals surface area contributed by atoms with Gasteiger partial charge in [-0.25, -0.2) is 0 Å². The van der Waals surface area contributed by atoms with E-state index in [4.69, 9.17) is 0 Å². The molecule has 1 atom stereocenters. The summed E-state index contributed by atoms with van der Waals surface area (Å²) in [7, 11) is 0. The molecule has 16 heavy (non-hydrogen) atoms. The maximum absolute atomic E-state index is 4.03. The Hall–Kier alpha value is -1.19. The molecule has 2 rings (SSSR count). The monoisotopic (exact) mass is 232 g/mol. The van der Waals surface area contributed by atoms with Crippen molar-refractivity contribution >= 4 is 11.3 Å². The largest absolute Gasteiger partial charge is 0.305 e. The van der Waals surface area contributed by atoms with Crippen LogP contribution in [0, 0.1) is 6.92 Å². The highest BCUT2D eigenvalue weighted by molar-refractivity contribution is 7.10. The van der Waals surface area contributed by atoms with Gasteiger partial charge < -0.3 is 5.32 Å². The summed E-state index contributed by atoms with van der Waals surface area (Å²) in [6, 6.07) is 6.64. The molecule has 0 aliphatic heterocycles. The third kappa shape index (κ3) is 2.68. The van der Waals surface area contributed by atoms with Crippen LogP contribution in [0.5, 0.6) is 0 Å². The zero-order valence-electron chi connectivity index (χ0n) is 9.60. The van der Waals surface area contributed by atoms with E-state index in [9.17, 15) is 0 Å². The fraction of sp³-hybridized carbons (Fsp3) is 0.308. The van der Waals surface area contributed by atoms with Crippen molar-refractivity contribution in [3.8, 4) is 0 Å². The first-order valence-electron chi connectivity index (χ1n) is 5.43. The van der Waals surface area contributed by atoms with Crippen molar-refractivity contribution in [3.63, 3.8) is 0 Å². The summed E-state index contributed by atoms with van der Waals surface area (Å²) in [5, 5.41) is 5.67. The fourth-order valence-electron chi connectivity index (χ4n) is 1.60. The standard InChI is InChI=1S/C13H16N2S/c1-10-5-8-16-13(10)9-15-11(2)12-3-6-14-7-4-12/h3-8,11,15H,9H2,1-2H3.